The number of aryl methyl sites for hydroxylation is 2. The number of hydrogen-bond donors (Lipinski definition) is 2. The van der Waals surface area contributed by atoms with E-state index in [0.717, 1.165) is 19.4 Å². The molecule has 114 valence electrons. The molecule has 4 nitrogen and oxygen atoms in total. The highest BCUT2D eigenvalue weighted by atomic mass is 16.4. The molecule has 0 bridgehead atoms. The van der Waals surface area contributed by atoms with Gasteiger partial charge in [-0.05, 0) is 43.4 Å². The minimum Gasteiger partial charge on any atom is -0.478 e. The van der Waals surface area contributed by atoms with E-state index in [9.17, 15) is 9.90 Å². The van der Waals surface area contributed by atoms with Crippen molar-refractivity contribution in [3.05, 3.63) is 58.9 Å². The van der Waals surface area contributed by atoms with Crippen molar-refractivity contribution in [3.8, 4) is 0 Å². The van der Waals surface area contributed by atoms with Crippen LogP contribution >= 0.6 is 0 Å². The van der Waals surface area contributed by atoms with Crippen molar-refractivity contribution >= 4 is 11.7 Å². The third kappa shape index (κ3) is 2.96. The van der Waals surface area contributed by atoms with E-state index in [0.29, 0.717) is 11.6 Å². The van der Waals surface area contributed by atoms with Gasteiger partial charge in [0, 0.05) is 18.7 Å². The molecule has 1 unspecified atom stereocenters. The van der Waals surface area contributed by atoms with E-state index in [2.05, 4.69) is 35.4 Å². The number of hydrogen-bond acceptors (Lipinski definition) is 3. The SMILES string of the molecule is Cc1ccc2c(c1)CCCC2CNc1cnccc1C(=O)O. The number of carbonyl (C=O) groups is 1. The summed E-state index contributed by atoms with van der Waals surface area (Å²) in [6.45, 7) is 2.86. The molecule has 3 rings (SSSR count). The van der Waals surface area contributed by atoms with Crippen LogP contribution in [0.1, 0.15) is 45.8 Å². The first-order chi connectivity index (χ1) is 10.6. The Hall–Kier alpha value is -2.36. The van der Waals surface area contributed by atoms with Gasteiger partial charge in [-0.25, -0.2) is 4.79 Å². The Bertz CT molecular complexity index is 697. The Morgan fingerprint density at radius 2 is 2.27 bits per heavy atom. The summed E-state index contributed by atoms with van der Waals surface area (Å²) in [6, 6.07) is 8.18. The van der Waals surface area contributed by atoms with E-state index in [1.165, 1.54) is 35.4 Å². The van der Waals surface area contributed by atoms with Crippen LogP contribution in [-0.4, -0.2) is 22.6 Å². The van der Waals surface area contributed by atoms with Crippen LogP contribution in [0.25, 0.3) is 0 Å². The lowest BCUT2D eigenvalue weighted by molar-refractivity contribution is 0.0698. The molecular weight excluding hydrogens is 276 g/mol. The minimum atomic E-state index is -0.926. The van der Waals surface area contributed by atoms with Crippen molar-refractivity contribution < 1.29 is 9.90 Å². The van der Waals surface area contributed by atoms with Crippen LogP contribution in [0, 0.1) is 6.92 Å². The van der Waals surface area contributed by atoms with Crippen LogP contribution < -0.4 is 5.32 Å². The summed E-state index contributed by atoms with van der Waals surface area (Å²) in [5, 5.41) is 12.5. The summed E-state index contributed by atoms with van der Waals surface area (Å²) in [6.07, 6.45) is 6.55. The highest BCUT2D eigenvalue weighted by Crippen LogP contribution is 2.32. The van der Waals surface area contributed by atoms with Gasteiger partial charge in [-0.15, -0.1) is 0 Å². The zero-order chi connectivity index (χ0) is 15.5. The molecule has 0 saturated heterocycles. The lowest BCUT2D eigenvalue weighted by Crippen LogP contribution is -2.19. The molecule has 2 N–H and O–H groups in total. The molecule has 0 radical (unpaired) electrons. The summed E-state index contributed by atoms with van der Waals surface area (Å²) in [7, 11) is 0. The Balaban J connectivity index is 1.77. The van der Waals surface area contributed by atoms with Gasteiger partial charge in [0.05, 0.1) is 17.4 Å². The van der Waals surface area contributed by atoms with Crippen LogP contribution in [0.2, 0.25) is 0 Å². The molecular formula is C18H20N2O2. The zero-order valence-corrected chi connectivity index (χ0v) is 12.7. The van der Waals surface area contributed by atoms with Gasteiger partial charge in [0.2, 0.25) is 0 Å². The maximum atomic E-state index is 11.2. The first kappa shape index (κ1) is 14.6. The molecule has 4 heteroatoms. The van der Waals surface area contributed by atoms with E-state index in [1.54, 1.807) is 6.20 Å². The number of benzene rings is 1. The van der Waals surface area contributed by atoms with E-state index in [4.69, 9.17) is 0 Å². The number of carboxylic acid groups (broad SMARTS) is 1. The molecule has 1 aromatic heterocycles. The highest BCUT2D eigenvalue weighted by Gasteiger charge is 2.20. The Morgan fingerprint density at radius 3 is 3.09 bits per heavy atom. The number of fused-ring (bicyclic) bond motifs is 1. The third-order valence-electron chi connectivity index (χ3n) is 4.33. The lowest BCUT2D eigenvalue weighted by atomic mass is 9.82. The summed E-state index contributed by atoms with van der Waals surface area (Å²) in [5.41, 5.74) is 4.99. The fourth-order valence-corrected chi connectivity index (χ4v) is 3.21. The van der Waals surface area contributed by atoms with Gasteiger partial charge >= 0.3 is 5.97 Å². The van der Waals surface area contributed by atoms with Crippen LogP contribution in [0.3, 0.4) is 0 Å². The average Bonchev–Trinajstić information content (AvgIpc) is 2.52. The first-order valence-electron chi connectivity index (χ1n) is 7.66. The minimum absolute atomic E-state index is 0.273. The van der Waals surface area contributed by atoms with Crippen molar-refractivity contribution in [2.75, 3.05) is 11.9 Å². The molecule has 0 saturated carbocycles. The summed E-state index contributed by atoms with van der Waals surface area (Å²) in [5.74, 6) is -0.504. The van der Waals surface area contributed by atoms with Crippen molar-refractivity contribution in [2.24, 2.45) is 0 Å². The molecule has 1 aliphatic rings. The normalized spacial score (nSPS) is 16.9. The van der Waals surface area contributed by atoms with Gasteiger partial charge in [-0.1, -0.05) is 23.8 Å². The Kier molecular flexibility index (Phi) is 4.09. The van der Waals surface area contributed by atoms with Gasteiger partial charge in [-0.2, -0.15) is 0 Å². The molecule has 0 spiro atoms. The standard InChI is InChI=1S/C18H20N2O2/c1-12-5-6-15-13(9-12)3-2-4-14(15)10-20-17-11-19-8-7-16(17)18(21)22/h5-9,11,14,20H,2-4,10H2,1H3,(H,21,22). The van der Waals surface area contributed by atoms with E-state index < -0.39 is 5.97 Å². The number of anilines is 1. The van der Waals surface area contributed by atoms with Gasteiger partial charge in [0.25, 0.3) is 0 Å². The average molecular weight is 296 g/mol. The van der Waals surface area contributed by atoms with Crippen molar-refractivity contribution in [1.29, 1.82) is 0 Å². The largest absolute Gasteiger partial charge is 0.478 e. The van der Waals surface area contributed by atoms with E-state index >= 15 is 0 Å². The molecule has 2 aromatic rings. The Morgan fingerprint density at radius 1 is 1.41 bits per heavy atom. The van der Waals surface area contributed by atoms with Gasteiger partial charge in [-0.3, -0.25) is 4.98 Å². The van der Waals surface area contributed by atoms with Gasteiger partial charge in [0.15, 0.2) is 0 Å². The third-order valence-corrected chi connectivity index (χ3v) is 4.33. The first-order valence-corrected chi connectivity index (χ1v) is 7.66. The monoisotopic (exact) mass is 296 g/mol. The fraction of sp³-hybridized carbons (Fsp3) is 0.333. The number of rotatable bonds is 4. The molecule has 22 heavy (non-hydrogen) atoms. The number of pyridine rings is 1. The topological polar surface area (TPSA) is 62.2 Å². The molecule has 1 aromatic carbocycles. The fourth-order valence-electron chi connectivity index (χ4n) is 3.21. The Labute approximate surface area is 130 Å². The van der Waals surface area contributed by atoms with Crippen molar-refractivity contribution in [3.63, 3.8) is 0 Å². The number of aromatic carboxylic acids is 1. The second-order valence-corrected chi connectivity index (χ2v) is 5.90. The zero-order valence-electron chi connectivity index (χ0n) is 12.7. The van der Waals surface area contributed by atoms with E-state index in [1.807, 2.05) is 0 Å². The second kappa shape index (κ2) is 6.18. The van der Waals surface area contributed by atoms with Gasteiger partial charge in [0.1, 0.15) is 0 Å². The maximum absolute atomic E-state index is 11.2. The molecule has 0 aliphatic heterocycles. The van der Waals surface area contributed by atoms with Crippen LogP contribution in [0.4, 0.5) is 5.69 Å². The summed E-state index contributed by atoms with van der Waals surface area (Å²) < 4.78 is 0. The number of nitrogens with zero attached hydrogens (tertiary/aromatic N) is 1. The smallest absolute Gasteiger partial charge is 0.337 e. The van der Waals surface area contributed by atoms with Crippen LogP contribution in [-0.2, 0) is 6.42 Å². The quantitative estimate of drug-likeness (QED) is 0.904. The number of carboxylic acids is 1. The number of aromatic nitrogens is 1. The lowest BCUT2D eigenvalue weighted by Gasteiger charge is -2.26. The predicted molar refractivity (Wildman–Crippen MR) is 86.5 cm³/mol. The van der Waals surface area contributed by atoms with Crippen molar-refractivity contribution in [2.45, 2.75) is 32.1 Å². The molecule has 0 fully saturated rings. The highest BCUT2D eigenvalue weighted by molar-refractivity contribution is 5.93. The van der Waals surface area contributed by atoms with Crippen LogP contribution in [0.5, 0.6) is 0 Å². The summed E-state index contributed by atoms with van der Waals surface area (Å²) in [4.78, 5) is 15.3. The number of nitrogens with one attached hydrogen (secondary N) is 1. The van der Waals surface area contributed by atoms with Crippen LogP contribution in [0.15, 0.2) is 36.7 Å². The molecule has 1 atom stereocenters. The molecule has 1 aliphatic carbocycles. The molecule has 0 amide bonds. The predicted octanol–water partition coefficient (Wildman–Crippen LogP) is 3.62. The second-order valence-electron chi connectivity index (χ2n) is 5.90. The van der Waals surface area contributed by atoms with E-state index in [-0.39, 0.29) is 5.56 Å². The molecule has 1 heterocycles. The maximum Gasteiger partial charge on any atom is 0.337 e. The van der Waals surface area contributed by atoms with Gasteiger partial charge < -0.3 is 10.4 Å². The summed E-state index contributed by atoms with van der Waals surface area (Å²) >= 11 is 0. The van der Waals surface area contributed by atoms with Crippen molar-refractivity contribution in [1.82, 2.24) is 4.98 Å².